The van der Waals surface area contributed by atoms with Crippen LogP contribution in [0.25, 0.3) is 0 Å². The summed E-state index contributed by atoms with van der Waals surface area (Å²) in [5.41, 5.74) is 0.707. The molecule has 0 aromatic heterocycles. The first-order valence-electron chi connectivity index (χ1n) is 9.09. The predicted octanol–water partition coefficient (Wildman–Crippen LogP) is 2.37. The zero-order valence-electron chi connectivity index (χ0n) is 15.0. The first kappa shape index (κ1) is 17.7. The van der Waals surface area contributed by atoms with Gasteiger partial charge in [0.25, 0.3) is 5.91 Å². The zero-order valence-corrected chi connectivity index (χ0v) is 15.0. The van der Waals surface area contributed by atoms with Gasteiger partial charge in [-0.2, -0.15) is 0 Å². The molecule has 2 aliphatic heterocycles. The fraction of sp³-hybridized carbons (Fsp3) is 0.500. The highest BCUT2D eigenvalue weighted by atomic mass is 16.5. The number of esters is 1. The third-order valence-electron chi connectivity index (χ3n) is 5.02. The van der Waals surface area contributed by atoms with E-state index in [1.807, 2.05) is 41.3 Å². The standard InChI is InChI=1S/C20H26N2O3/c1-3-5-12-22-13-11-17-15-21(14-16-9-7-6-8-10-16)18(23)20(17,22)19(24)25-4-2/h6-11H,3-5,12-15H2,1-2H3. The van der Waals surface area contributed by atoms with Crippen molar-refractivity contribution >= 4 is 11.9 Å². The fourth-order valence-electron chi connectivity index (χ4n) is 3.79. The maximum atomic E-state index is 13.3. The second kappa shape index (κ2) is 7.40. The molecule has 1 atom stereocenters. The molecule has 1 amide bonds. The number of nitrogens with zero attached hydrogens (tertiary/aromatic N) is 2. The van der Waals surface area contributed by atoms with Crippen LogP contribution in [0.3, 0.4) is 0 Å². The third-order valence-corrected chi connectivity index (χ3v) is 5.02. The van der Waals surface area contributed by atoms with Gasteiger partial charge >= 0.3 is 5.97 Å². The van der Waals surface area contributed by atoms with Crippen molar-refractivity contribution in [2.24, 2.45) is 0 Å². The molecule has 3 rings (SSSR count). The van der Waals surface area contributed by atoms with Crippen LogP contribution in [0.5, 0.6) is 0 Å². The Labute approximate surface area is 149 Å². The molecular formula is C20H26N2O3. The molecule has 134 valence electrons. The number of unbranched alkanes of at least 4 members (excludes halogenated alkanes) is 1. The summed E-state index contributed by atoms with van der Waals surface area (Å²) in [6.45, 7) is 6.54. The Morgan fingerprint density at radius 3 is 2.68 bits per heavy atom. The van der Waals surface area contributed by atoms with Crippen molar-refractivity contribution in [2.45, 2.75) is 38.8 Å². The van der Waals surface area contributed by atoms with Crippen LogP contribution in [0.2, 0.25) is 0 Å². The normalized spacial score (nSPS) is 22.9. The van der Waals surface area contributed by atoms with Crippen LogP contribution in [0, 0.1) is 0 Å². The topological polar surface area (TPSA) is 49.9 Å². The summed E-state index contributed by atoms with van der Waals surface area (Å²) in [5, 5.41) is 0. The molecule has 0 radical (unpaired) electrons. The van der Waals surface area contributed by atoms with Gasteiger partial charge in [-0.1, -0.05) is 49.8 Å². The van der Waals surface area contributed by atoms with Gasteiger partial charge in [0.1, 0.15) is 0 Å². The quantitative estimate of drug-likeness (QED) is 0.434. The van der Waals surface area contributed by atoms with E-state index in [1.165, 1.54) is 0 Å². The van der Waals surface area contributed by atoms with E-state index < -0.39 is 11.5 Å². The molecule has 1 fully saturated rings. The van der Waals surface area contributed by atoms with Crippen LogP contribution in [0.15, 0.2) is 42.0 Å². The highest BCUT2D eigenvalue weighted by molar-refractivity contribution is 6.13. The van der Waals surface area contributed by atoms with E-state index in [0.29, 0.717) is 19.6 Å². The van der Waals surface area contributed by atoms with E-state index in [2.05, 4.69) is 6.92 Å². The molecule has 0 N–H and O–H groups in total. The number of likely N-dealkylation sites (tertiary alicyclic amines) is 1. The van der Waals surface area contributed by atoms with E-state index in [-0.39, 0.29) is 12.5 Å². The molecule has 5 nitrogen and oxygen atoms in total. The van der Waals surface area contributed by atoms with E-state index in [0.717, 1.165) is 30.5 Å². The lowest BCUT2D eigenvalue weighted by Crippen LogP contribution is -2.59. The average molecular weight is 342 g/mol. The van der Waals surface area contributed by atoms with Crippen molar-refractivity contribution in [3.05, 3.63) is 47.5 Å². The van der Waals surface area contributed by atoms with Crippen LogP contribution in [0.1, 0.15) is 32.3 Å². The Hall–Kier alpha value is -2.14. The first-order valence-corrected chi connectivity index (χ1v) is 9.09. The molecule has 0 aliphatic carbocycles. The van der Waals surface area contributed by atoms with Crippen LogP contribution in [-0.2, 0) is 20.9 Å². The number of rotatable bonds is 7. The summed E-state index contributed by atoms with van der Waals surface area (Å²) < 4.78 is 5.34. The Bertz CT molecular complexity index is 671. The summed E-state index contributed by atoms with van der Waals surface area (Å²) >= 11 is 0. The number of benzene rings is 1. The van der Waals surface area contributed by atoms with Crippen LogP contribution >= 0.6 is 0 Å². The molecule has 1 saturated heterocycles. The fourth-order valence-corrected chi connectivity index (χ4v) is 3.79. The Kier molecular flexibility index (Phi) is 5.23. The Morgan fingerprint density at radius 2 is 2.00 bits per heavy atom. The lowest BCUT2D eigenvalue weighted by atomic mass is 9.92. The van der Waals surface area contributed by atoms with Crippen molar-refractivity contribution in [1.29, 1.82) is 0 Å². The second-order valence-electron chi connectivity index (χ2n) is 6.61. The van der Waals surface area contributed by atoms with E-state index in [9.17, 15) is 9.59 Å². The van der Waals surface area contributed by atoms with E-state index in [4.69, 9.17) is 4.74 Å². The molecule has 1 aromatic carbocycles. The number of hydrogen-bond donors (Lipinski definition) is 0. The van der Waals surface area contributed by atoms with Gasteiger partial charge in [-0.05, 0) is 24.5 Å². The van der Waals surface area contributed by atoms with Gasteiger partial charge in [0.05, 0.1) is 6.61 Å². The van der Waals surface area contributed by atoms with E-state index in [1.54, 1.807) is 11.8 Å². The van der Waals surface area contributed by atoms with Crippen LogP contribution in [-0.4, -0.2) is 53.5 Å². The molecule has 1 aromatic rings. The summed E-state index contributed by atoms with van der Waals surface area (Å²) in [4.78, 5) is 30.0. The highest BCUT2D eigenvalue weighted by Gasteiger charge is 2.62. The van der Waals surface area contributed by atoms with Gasteiger partial charge in [-0.25, -0.2) is 4.79 Å². The smallest absolute Gasteiger partial charge is 0.340 e. The zero-order chi connectivity index (χ0) is 17.9. The molecule has 0 bridgehead atoms. The Balaban J connectivity index is 1.90. The predicted molar refractivity (Wildman–Crippen MR) is 95.8 cm³/mol. The van der Waals surface area contributed by atoms with Gasteiger partial charge in [0.2, 0.25) is 5.54 Å². The number of fused-ring (bicyclic) bond motifs is 1. The third kappa shape index (κ3) is 2.97. The summed E-state index contributed by atoms with van der Waals surface area (Å²) in [5.74, 6) is -0.565. The maximum absolute atomic E-state index is 13.3. The number of carbonyl (C=O) groups excluding carboxylic acids is 2. The van der Waals surface area contributed by atoms with Crippen molar-refractivity contribution in [2.75, 3.05) is 26.2 Å². The highest BCUT2D eigenvalue weighted by Crippen LogP contribution is 2.40. The molecule has 0 spiro atoms. The summed E-state index contributed by atoms with van der Waals surface area (Å²) in [7, 11) is 0. The van der Waals surface area contributed by atoms with Crippen molar-refractivity contribution in [3.8, 4) is 0 Å². The Morgan fingerprint density at radius 1 is 1.24 bits per heavy atom. The number of carbonyl (C=O) groups is 2. The van der Waals surface area contributed by atoms with Crippen LogP contribution < -0.4 is 0 Å². The molecule has 2 aliphatic rings. The van der Waals surface area contributed by atoms with Gasteiger partial charge in [0, 0.05) is 26.2 Å². The van der Waals surface area contributed by atoms with Gasteiger partial charge in [-0.3, -0.25) is 9.69 Å². The lowest BCUT2D eigenvalue weighted by molar-refractivity contribution is -0.160. The minimum absolute atomic E-state index is 0.144. The first-order chi connectivity index (χ1) is 12.1. The lowest BCUT2D eigenvalue weighted by Gasteiger charge is -2.33. The van der Waals surface area contributed by atoms with Crippen molar-refractivity contribution in [3.63, 3.8) is 0 Å². The SMILES string of the molecule is CCCCN1CC=C2CN(Cc3ccccc3)C(=O)C21C(=O)OCC. The van der Waals surface area contributed by atoms with Gasteiger partial charge in [-0.15, -0.1) is 0 Å². The van der Waals surface area contributed by atoms with E-state index >= 15 is 0 Å². The molecule has 5 heteroatoms. The van der Waals surface area contributed by atoms with Crippen molar-refractivity contribution in [1.82, 2.24) is 9.80 Å². The second-order valence-corrected chi connectivity index (χ2v) is 6.61. The molecule has 2 heterocycles. The van der Waals surface area contributed by atoms with Gasteiger partial charge in [0.15, 0.2) is 0 Å². The largest absolute Gasteiger partial charge is 0.464 e. The minimum Gasteiger partial charge on any atom is -0.464 e. The van der Waals surface area contributed by atoms with Crippen LogP contribution in [0.4, 0.5) is 0 Å². The van der Waals surface area contributed by atoms with Gasteiger partial charge < -0.3 is 9.64 Å². The number of ether oxygens (including phenoxy) is 1. The molecule has 1 unspecified atom stereocenters. The molecule has 0 saturated carbocycles. The average Bonchev–Trinajstić information content (AvgIpc) is 3.11. The summed E-state index contributed by atoms with van der Waals surface area (Å²) in [6, 6.07) is 9.89. The number of amides is 1. The molecule has 25 heavy (non-hydrogen) atoms. The minimum atomic E-state index is -1.24. The van der Waals surface area contributed by atoms with Crippen molar-refractivity contribution < 1.29 is 14.3 Å². The monoisotopic (exact) mass is 342 g/mol. The number of hydrogen-bond acceptors (Lipinski definition) is 4. The summed E-state index contributed by atoms with van der Waals surface area (Å²) in [6.07, 6.45) is 4.01. The molecular weight excluding hydrogens is 316 g/mol. The maximum Gasteiger partial charge on any atom is 0.340 e.